The normalized spacial score (nSPS) is 18.4. The number of nitrogens with one attached hydrogen (secondary N) is 1. The SMILES string of the molecule is CC(C)(O)c1cc(-c2ccc(C3=NO[C@@H](CC(C)(C(=O)NO)S(C)(=O)=O)C3)cc2)ccn1. The first-order valence-electron chi connectivity index (χ1n) is 10.0. The van der Waals surface area contributed by atoms with Crippen LogP contribution >= 0.6 is 0 Å². The molecule has 32 heavy (non-hydrogen) atoms. The van der Waals surface area contributed by atoms with Crippen LogP contribution in [0, 0.1) is 0 Å². The molecule has 0 fully saturated rings. The molecule has 0 radical (unpaired) electrons. The standard InChI is InChI=1S/C22H27N3O6S/c1-21(2,27)19-11-16(9-10-23-19)14-5-7-15(8-6-14)18-12-17(31-25-18)13-22(3,20(26)24-28)32(4,29)30/h5-11,17,27-28H,12-13H2,1-4H3,(H,24,26)/t17-,22?/m1/s1. The van der Waals surface area contributed by atoms with E-state index in [1.54, 1.807) is 20.0 Å². The van der Waals surface area contributed by atoms with Gasteiger partial charge < -0.3 is 9.94 Å². The number of aromatic nitrogens is 1. The number of oxime groups is 1. The zero-order valence-corrected chi connectivity index (χ0v) is 19.2. The molecule has 0 saturated carbocycles. The van der Waals surface area contributed by atoms with Gasteiger partial charge in [-0.1, -0.05) is 29.4 Å². The Morgan fingerprint density at radius 1 is 1.16 bits per heavy atom. The van der Waals surface area contributed by atoms with E-state index in [4.69, 9.17) is 10.0 Å². The van der Waals surface area contributed by atoms with Crippen LogP contribution in [0.5, 0.6) is 0 Å². The molecule has 0 bridgehead atoms. The van der Waals surface area contributed by atoms with Crippen molar-refractivity contribution in [2.24, 2.45) is 5.16 Å². The van der Waals surface area contributed by atoms with Crippen molar-refractivity contribution in [3.63, 3.8) is 0 Å². The molecule has 3 rings (SSSR count). The van der Waals surface area contributed by atoms with Gasteiger partial charge in [0.1, 0.15) is 11.7 Å². The largest absolute Gasteiger partial charge is 0.392 e. The highest BCUT2D eigenvalue weighted by atomic mass is 32.2. The van der Waals surface area contributed by atoms with E-state index in [2.05, 4.69) is 10.1 Å². The fourth-order valence-electron chi connectivity index (χ4n) is 3.47. The Bertz CT molecular complexity index is 1140. The highest BCUT2D eigenvalue weighted by Gasteiger charge is 2.47. The van der Waals surface area contributed by atoms with Crippen LogP contribution in [-0.2, 0) is 25.1 Å². The second-order valence-electron chi connectivity index (χ2n) is 8.68. The van der Waals surface area contributed by atoms with E-state index in [-0.39, 0.29) is 6.42 Å². The smallest absolute Gasteiger partial charge is 0.264 e. The molecule has 1 aliphatic rings. The number of nitrogens with zero attached hydrogens (tertiary/aromatic N) is 2. The molecule has 1 unspecified atom stereocenters. The van der Waals surface area contributed by atoms with Gasteiger partial charge in [-0.2, -0.15) is 0 Å². The second-order valence-corrected chi connectivity index (χ2v) is 11.1. The minimum Gasteiger partial charge on any atom is -0.392 e. The zero-order valence-electron chi connectivity index (χ0n) is 18.4. The topological polar surface area (TPSA) is 138 Å². The summed E-state index contributed by atoms with van der Waals surface area (Å²) in [7, 11) is -3.82. The Kier molecular flexibility index (Phi) is 6.41. The summed E-state index contributed by atoms with van der Waals surface area (Å²) in [5.41, 5.74) is 4.23. The van der Waals surface area contributed by atoms with Crippen molar-refractivity contribution < 1.29 is 28.4 Å². The first kappa shape index (κ1) is 23.8. The lowest BCUT2D eigenvalue weighted by Crippen LogP contribution is -2.51. The number of rotatable bonds is 7. The van der Waals surface area contributed by atoms with Crippen LogP contribution in [-0.4, -0.2) is 52.4 Å². The number of sulfone groups is 1. The van der Waals surface area contributed by atoms with Crippen molar-refractivity contribution in [3.05, 3.63) is 53.9 Å². The fourth-order valence-corrected chi connectivity index (χ4v) is 4.34. The van der Waals surface area contributed by atoms with Crippen LogP contribution < -0.4 is 5.48 Å². The fraction of sp³-hybridized carbons (Fsp3) is 0.409. The van der Waals surface area contributed by atoms with Crippen LogP contribution in [0.4, 0.5) is 0 Å². The van der Waals surface area contributed by atoms with Gasteiger partial charge in [0, 0.05) is 25.3 Å². The Morgan fingerprint density at radius 3 is 2.34 bits per heavy atom. The molecule has 172 valence electrons. The van der Waals surface area contributed by atoms with E-state index in [1.165, 1.54) is 12.4 Å². The Hall–Kier alpha value is -2.82. The van der Waals surface area contributed by atoms with Gasteiger partial charge in [0.05, 0.1) is 11.4 Å². The van der Waals surface area contributed by atoms with Crippen molar-refractivity contribution in [2.45, 2.75) is 50.1 Å². The predicted octanol–water partition coefficient (Wildman–Crippen LogP) is 2.17. The minimum atomic E-state index is -3.82. The van der Waals surface area contributed by atoms with Crippen LogP contribution in [0.2, 0.25) is 0 Å². The number of amides is 1. The average Bonchev–Trinajstić information content (AvgIpc) is 3.20. The number of pyridine rings is 1. The lowest BCUT2D eigenvalue weighted by Gasteiger charge is -2.26. The maximum atomic E-state index is 12.2. The van der Waals surface area contributed by atoms with Gasteiger partial charge in [0.15, 0.2) is 14.6 Å². The second kappa shape index (κ2) is 8.61. The van der Waals surface area contributed by atoms with Gasteiger partial charge in [-0.15, -0.1) is 0 Å². The summed E-state index contributed by atoms with van der Waals surface area (Å²) in [5, 5.41) is 23.2. The molecular formula is C22H27N3O6S. The van der Waals surface area contributed by atoms with E-state index in [1.807, 2.05) is 36.4 Å². The van der Waals surface area contributed by atoms with Crippen molar-refractivity contribution in [3.8, 4) is 11.1 Å². The summed E-state index contributed by atoms with van der Waals surface area (Å²) in [6, 6.07) is 11.3. The van der Waals surface area contributed by atoms with Crippen LogP contribution in [0.15, 0.2) is 47.8 Å². The van der Waals surface area contributed by atoms with E-state index in [9.17, 15) is 18.3 Å². The first-order chi connectivity index (χ1) is 14.8. The molecule has 1 aromatic heterocycles. The molecular weight excluding hydrogens is 434 g/mol. The maximum Gasteiger partial charge on any atom is 0.264 e. The number of hydrogen-bond acceptors (Lipinski definition) is 8. The van der Waals surface area contributed by atoms with E-state index in [0.29, 0.717) is 17.8 Å². The predicted molar refractivity (Wildman–Crippen MR) is 119 cm³/mol. The number of carbonyl (C=O) groups is 1. The molecule has 9 nitrogen and oxygen atoms in total. The van der Waals surface area contributed by atoms with Crippen molar-refractivity contribution in [1.29, 1.82) is 0 Å². The molecule has 1 aliphatic heterocycles. The molecule has 10 heteroatoms. The monoisotopic (exact) mass is 461 g/mol. The lowest BCUT2D eigenvalue weighted by molar-refractivity contribution is -0.132. The van der Waals surface area contributed by atoms with Gasteiger partial charge in [-0.05, 0) is 49.6 Å². The van der Waals surface area contributed by atoms with E-state index < -0.39 is 32.2 Å². The van der Waals surface area contributed by atoms with Crippen LogP contribution in [0.3, 0.4) is 0 Å². The molecule has 0 spiro atoms. The Balaban J connectivity index is 1.74. The minimum absolute atomic E-state index is 0.153. The van der Waals surface area contributed by atoms with E-state index >= 15 is 0 Å². The summed E-state index contributed by atoms with van der Waals surface area (Å²) in [6.45, 7) is 4.60. The summed E-state index contributed by atoms with van der Waals surface area (Å²) in [6.07, 6.45) is 2.13. The van der Waals surface area contributed by atoms with Gasteiger partial charge >= 0.3 is 0 Å². The third-order valence-corrected chi connectivity index (χ3v) is 7.68. The molecule has 1 amide bonds. The first-order valence-corrected chi connectivity index (χ1v) is 11.9. The van der Waals surface area contributed by atoms with Gasteiger partial charge in [0.2, 0.25) is 0 Å². The third-order valence-electron chi connectivity index (χ3n) is 5.69. The summed E-state index contributed by atoms with van der Waals surface area (Å²) >= 11 is 0. The Morgan fingerprint density at radius 2 is 1.78 bits per heavy atom. The van der Waals surface area contributed by atoms with Crippen molar-refractivity contribution in [2.75, 3.05) is 6.26 Å². The number of hydrogen-bond donors (Lipinski definition) is 3. The summed E-state index contributed by atoms with van der Waals surface area (Å²) < 4.78 is 22.5. The molecule has 0 saturated heterocycles. The molecule has 3 N–H and O–H groups in total. The molecule has 2 atom stereocenters. The highest BCUT2D eigenvalue weighted by Crippen LogP contribution is 2.30. The molecule has 2 aromatic rings. The number of aliphatic hydroxyl groups is 1. The molecule has 1 aromatic carbocycles. The maximum absolute atomic E-state index is 12.2. The summed E-state index contributed by atoms with van der Waals surface area (Å²) in [4.78, 5) is 21.6. The van der Waals surface area contributed by atoms with Gasteiger partial charge in [0.25, 0.3) is 5.91 Å². The van der Waals surface area contributed by atoms with Crippen molar-refractivity contribution >= 4 is 21.5 Å². The van der Waals surface area contributed by atoms with Gasteiger partial charge in [-0.25, -0.2) is 13.9 Å². The highest BCUT2D eigenvalue weighted by molar-refractivity contribution is 7.92. The average molecular weight is 462 g/mol. The van der Waals surface area contributed by atoms with E-state index in [0.717, 1.165) is 22.9 Å². The lowest BCUT2D eigenvalue weighted by atomic mass is 9.95. The van der Waals surface area contributed by atoms with Gasteiger partial charge in [-0.3, -0.25) is 15.0 Å². The Labute approximate surface area is 187 Å². The number of carbonyl (C=O) groups excluding carboxylic acids is 1. The summed E-state index contributed by atoms with van der Waals surface area (Å²) in [5.74, 6) is -1.01. The number of benzene rings is 1. The quantitative estimate of drug-likeness (QED) is 0.424. The zero-order chi connectivity index (χ0) is 23.7. The molecule has 0 aliphatic carbocycles. The number of hydroxylamine groups is 1. The molecule has 2 heterocycles. The van der Waals surface area contributed by atoms with Crippen LogP contribution in [0.1, 0.15) is 44.9 Å². The van der Waals surface area contributed by atoms with Crippen LogP contribution in [0.25, 0.3) is 11.1 Å². The third kappa shape index (κ3) is 4.82. The van der Waals surface area contributed by atoms with Crippen molar-refractivity contribution in [1.82, 2.24) is 10.5 Å².